The van der Waals surface area contributed by atoms with E-state index in [9.17, 15) is 0 Å². The lowest BCUT2D eigenvalue weighted by Crippen LogP contribution is -2.33. The van der Waals surface area contributed by atoms with E-state index in [2.05, 4.69) is 39.6 Å². The molecule has 0 radical (unpaired) electrons. The van der Waals surface area contributed by atoms with Crippen molar-refractivity contribution in [3.63, 3.8) is 0 Å². The van der Waals surface area contributed by atoms with E-state index in [0.29, 0.717) is 0 Å². The largest absolute Gasteiger partial charge is 0.303 e. The van der Waals surface area contributed by atoms with E-state index in [-0.39, 0.29) is 0 Å². The first-order chi connectivity index (χ1) is 5.61. The summed E-state index contributed by atoms with van der Waals surface area (Å²) in [5.41, 5.74) is 0. The second kappa shape index (κ2) is 6.47. The van der Waals surface area contributed by atoms with Crippen LogP contribution in [0.2, 0.25) is 0 Å². The third kappa shape index (κ3) is 4.76. The molecular weight excluding hydrogens is 146 g/mol. The average molecular weight is 171 g/mol. The van der Waals surface area contributed by atoms with E-state index in [1.54, 1.807) is 0 Å². The monoisotopic (exact) mass is 171 g/mol. The molecule has 0 aromatic heterocycles. The van der Waals surface area contributed by atoms with Crippen molar-refractivity contribution >= 4 is 0 Å². The smallest absolute Gasteiger partial charge is 0.00895 e. The van der Waals surface area contributed by atoms with Gasteiger partial charge in [-0.25, -0.2) is 0 Å². The van der Waals surface area contributed by atoms with Gasteiger partial charge < -0.3 is 4.90 Å². The normalized spacial score (nSPS) is 14.2. The molecule has 0 saturated heterocycles. The maximum atomic E-state index is 2.51. The van der Waals surface area contributed by atoms with E-state index in [4.69, 9.17) is 0 Å². The molecule has 0 aromatic rings. The summed E-state index contributed by atoms with van der Waals surface area (Å²) in [6.07, 6.45) is 3.94. The van der Waals surface area contributed by atoms with E-state index < -0.39 is 0 Å². The quantitative estimate of drug-likeness (QED) is 0.593. The summed E-state index contributed by atoms with van der Waals surface area (Å²) in [5.74, 6) is 0.793. The van der Waals surface area contributed by atoms with Crippen LogP contribution < -0.4 is 0 Å². The highest BCUT2D eigenvalue weighted by Crippen LogP contribution is 2.10. The van der Waals surface area contributed by atoms with E-state index >= 15 is 0 Å². The van der Waals surface area contributed by atoms with Gasteiger partial charge in [0, 0.05) is 12.6 Å². The molecule has 1 atom stereocenters. The van der Waals surface area contributed by atoms with E-state index in [1.807, 2.05) is 0 Å². The van der Waals surface area contributed by atoms with Gasteiger partial charge in [0.2, 0.25) is 0 Å². The van der Waals surface area contributed by atoms with Crippen LogP contribution >= 0.6 is 0 Å². The first-order valence-electron chi connectivity index (χ1n) is 5.32. The maximum absolute atomic E-state index is 2.51. The second-order valence-electron chi connectivity index (χ2n) is 4.18. The highest BCUT2D eigenvalue weighted by atomic mass is 15.1. The molecule has 0 saturated carbocycles. The molecule has 0 aliphatic rings. The number of nitrogens with zero attached hydrogens (tertiary/aromatic N) is 1. The summed E-state index contributed by atoms with van der Waals surface area (Å²) in [5, 5.41) is 0. The molecule has 0 rings (SSSR count). The minimum Gasteiger partial charge on any atom is -0.303 e. The van der Waals surface area contributed by atoms with Gasteiger partial charge in [-0.2, -0.15) is 0 Å². The van der Waals surface area contributed by atoms with Crippen LogP contribution in [0.15, 0.2) is 0 Å². The minimum atomic E-state index is 0.793. The Morgan fingerprint density at radius 2 is 1.75 bits per heavy atom. The average Bonchev–Trinajstić information content (AvgIpc) is 1.98. The number of hydrogen-bond donors (Lipinski definition) is 0. The van der Waals surface area contributed by atoms with Crippen molar-refractivity contribution in [2.24, 2.45) is 5.92 Å². The van der Waals surface area contributed by atoms with Gasteiger partial charge in [0.25, 0.3) is 0 Å². The van der Waals surface area contributed by atoms with Crippen molar-refractivity contribution in [3.05, 3.63) is 0 Å². The molecule has 0 aromatic carbocycles. The Labute approximate surface area is 78.1 Å². The maximum Gasteiger partial charge on any atom is 0.00895 e. The zero-order chi connectivity index (χ0) is 9.56. The summed E-state index contributed by atoms with van der Waals surface area (Å²) in [6, 6.07) is 0.803. The predicted molar refractivity (Wildman–Crippen MR) is 56.5 cm³/mol. The lowest BCUT2D eigenvalue weighted by molar-refractivity contribution is 0.201. The van der Waals surface area contributed by atoms with Crippen molar-refractivity contribution in [2.75, 3.05) is 13.6 Å². The van der Waals surface area contributed by atoms with Gasteiger partial charge in [0.1, 0.15) is 0 Å². The Balaban J connectivity index is 3.76. The van der Waals surface area contributed by atoms with Crippen LogP contribution in [-0.2, 0) is 0 Å². The van der Waals surface area contributed by atoms with Crippen molar-refractivity contribution in [1.82, 2.24) is 4.90 Å². The molecule has 0 N–H and O–H groups in total. The van der Waals surface area contributed by atoms with Gasteiger partial charge in [-0.05, 0) is 25.8 Å². The Kier molecular flexibility index (Phi) is 6.45. The first kappa shape index (κ1) is 12.0. The Morgan fingerprint density at radius 1 is 1.17 bits per heavy atom. The van der Waals surface area contributed by atoms with Crippen molar-refractivity contribution in [2.45, 2.75) is 53.0 Å². The van der Waals surface area contributed by atoms with E-state index in [0.717, 1.165) is 12.0 Å². The Morgan fingerprint density at radius 3 is 2.08 bits per heavy atom. The van der Waals surface area contributed by atoms with Crippen molar-refractivity contribution in [3.8, 4) is 0 Å². The van der Waals surface area contributed by atoms with Gasteiger partial charge >= 0.3 is 0 Å². The van der Waals surface area contributed by atoms with Crippen LogP contribution in [-0.4, -0.2) is 24.5 Å². The Hall–Kier alpha value is -0.0400. The molecule has 0 heterocycles. The van der Waals surface area contributed by atoms with Gasteiger partial charge in [0.05, 0.1) is 0 Å². The van der Waals surface area contributed by atoms with Gasteiger partial charge in [-0.15, -0.1) is 0 Å². The fourth-order valence-electron chi connectivity index (χ4n) is 1.79. The Bertz CT molecular complexity index is 99.2. The molecule has 74 valence electrons. The zero-order valence-electron chi connectivity index (χ0n) is 9.43. The number of hydrogen-bond acceptors (Lipinski definition) is 1. The molecule has 1 unspecified atom stereocenters. The fourth-order valence-corrected chi connectivity index (χ4v) is 1.79. The summed E-state index contributed by atoms with van der Waals surface area (Å²) < 4.78 is 0. The molecule has 0 spiro atoms. The molecule has 0 bridgehead atoms. The number of rotatable bonds is 6. The van der Waals surface area contributed by atoms with E-state index in [1.165, 1.54) is 25.8 Å². The van der Waals surface area contributed by atoms with Gasteiger partial charge in [0.15, 0.2) is 0 Å². The summed E-state index contributed by atoms with van der Waals surface area (Å²) in [4.78, 5) is 2.51. The summed E-state index contributed by atoms with van der Waals surface area (Å²) >= 11 is 0. The molecule has 1 heteroatoms. The van der Waals surface area contributed by atoms with Gasteiger partial charge in [-0.3, -0.25) is 0 Å². The van der Waals surface area contributed by atoms with Crippen molar-refractivity contribution in [1.29, 1.82) is 0 Å². The van der Waals surface area contributed by atoms with Crippen LogP contribution in [0.5, 0.6) is 0 Å². The van der Waals surface area contributed by atoms with Crippen LogP contribution in [0.1, 0.15) is 47.0 Å². The van der Waals surface area contributed by atoms with Crippen LogP contribution in [0.4, 0.5) is 0 Å². The van der Waals surface area contributed by atoms with Crippen LogP contribution in [0.3, 0.4) is 0 Å². The third-order valence-corrected chi connectivity index (χ3v) is 2.37. The van der Waals surface area contributed by atoms with Gasteiger partial charge in [-0.1, -0.05) is 34.1 Å². The third-order valence-electron chi connectivity index (χ3n) is 2.37. The fraction of sp³-hybridized carbons (Fsp3) is 1.00. The lowest BCUT2D eigenvalue weighted by atomic mass is 10.1. The lowest BCUT2D eigenvalue weighted by Gasteiger charge is -2.28. The highest BCUT2D eigenvalue weighted by Gasteiger charge is 2.11. The molecule has 1 nitrogen and oxygen atoms in total. The predicted octanol–water partition coefficient (Wildman–Crippen LogP) is 3.15. The second-order valence-corrected chi connectivity index (χ2v) is 4.18. The molecule has 0 fully saturated rings. The van der Waals surface area contributed by atoms with Crippen LogP contribution in [0, 0.1) is 5.92 Å². The van der Waals surface area contributed by atoms with Crippen LogP contribution in [0.25, 0.3) is 0 Å². The molecule has 0 amide bonds. The SMILES string of the molecule is CCCC(CC)N(C)CC(C)C. The molecular formula is C11H25N. The topological polar surface area (TPSA) is 3.24 Å². The first-order valence-corrected chi connectivity index (χ1v) is 5.32. The minimum absolute atomic E-state index is 0.793. The molecule has 12 heavy (non-hydrogen) atoms. The standard InChI is InChI=1S/C11H25N/c1-6-8-11(7-2)12(5)9-10(3)4/h10-11H,6-9H2,1-5H3. The molecule has 0 aliphatic carbocycles. The summed E-state index contributed by atoms with van der Waals surface area (Å²) in [6.45, 7) is 10.4. The molecule has 0 aliphatic heterocycles. The zero-order valence-corrected chi connectivity index (χ0v) is 9.43. The summed E-state index contributed by atoms with van der Waals surface area (Å²) in [7, 11) is 2.25. The highest BCUT2D eigenvalue weighted by molar-refractivity contribution is 4.67. The van der Waals surface area contributed by atoms with Crippen molar-refractivity contribution < 1.29 is 0 Å².